The number of nitrogens with two attached hydrogens (primary N) is 1. The van der Waals surface area contributed by atoms with E-state index in [4.69, 9.17) is 15.9 Å². The molecule has 7 heteroatoms. The summed E-state index contributed by atoms with van der Waals surface area (Å²) in [4.78, 5) is 33.3. The van der Waals surface area contributed by atoms with Gasteiger partial charge in [-0.15, -0.1) is 0 Å². The van der Waals surface area contributed by atoms with E-state index < -0.39 is 29.4 Å². The molecule has 1 rings (SSSR count). The summed E-state index contributed by atoms with van der Waals surface area (Å²) < 4.78 is 0. The van der Waals surface area contributed by atoms with Gasteiger partial charge in [0.05, 0.1) is 0 Å². The highest BCUT2D eigenvalue weighted by molar-refractivity contribution is 5.87. The molecule has 1 aliphatic carbocycles. The van der Waals surface area contributed by atoms with Crippen LogP contribution in [-0.2, 0) is 14.4 Å². The second kappa shape index (κ2) is 5.81. The van der Waals surface area contributed by atoms with Crippen LogP contribution in [-0.4, -0.2) is 39.6 Å². The Labute approximate surface area is 104 Å². The average Bonchev–Trinajstić information content (AvgIpc) is 2.75. The van der Waals surface area contributed by atoms with Crippen LogP contribution in [0.3, 0.4) is 0 Å². The first kappa shape index (κ1) is 14.4. The highest BCUT2D eigenvalue weighted by atomic mass is 16.4. The molecule has 0 aliphatic heterocycles. The number of carboxylic acids is 2. The Morgan fingerprint density at radius 2 is 1.78 bits per heavy atom. The highest BCUT2D eigenvalue weighted by Crippen LogP contribution is 2.30. The van der Waals surface area contributed by atoms with Crippen LogP contribution in [0.5, 0.6) is 0 Å². The SMILES string of the molecule is NC(CCC(=O)NC1(C(=O)O)CCCC1)C(=O)O. The number of carbonyl (C=O) groups excluding carboxylic acids is 1. The monoisotopic (exact) mass is 258 g/mol. The lowest BCUT2D eigenvalue weighted by atomic mass is 9.97. The number of carboxylic acid groups (broad SMARTS) is 2. The minimum absolute atomic E-state index is 0.00311. The van der Waals surface area contributed by atoms with E-state index in [1.54, 1.807) is 0 Å². The predicted octanol–water partition coefficient (Wildman–Crippen LogP) is -0.308. The molecule has 102 valence electrons. The van der Waals surface area contributed by atoms with E-state index in [0.717, 1.165) is 12.8 Å². The molecule has 18 heavy (non-hydrogen) atoms. The summed E-state index contributed by atoms with van der Waals surface area (Å²) in [5.74, 6) is -2.66. The lowest BCUT2D eigenvalue weighted by Crippen LogP contribution is -2.52. The summed E-state index contributed by atoms with van der Waals surface area (Å²) in [6.07, 6.45) is 2.28. The number of carbonyl (C=O) groups is 3. The molecule has 1 aliphatic rings. The van der Waals surface area contributed by atoms with E-state index in [-0.39, 0.29) is 12.8 Å². The molecule has 0 spiro atoms. The van der Waals surface area contributed by atoms with Gasteiger partial charge in [0.1, 0.15) is 11.6 Å². The molecule has 0 bridgehead atoms. The fourth-order valence-corrected chi connectivity index (χ4v) is 2.11. The maximum Gasteiger partial charge on any atom is 0.329 e. The Balaban J connectivity index is 2.48. The summed E-state index contributed by atoms with van der Waals surface area (Å²) in [5.41, 5.74) is 4.09. The van der Waals surface area contributed by atoms with E-state index in [1.807, 2.05) is 0 Å². The fourth-order valence-electron chi connectivity index (χ4n) is 2.11. The topological polar surface area (TPSA) is 130 Å². The van der Waals surface area contributed by atoms with Crippen LogP contribution in [0.4, 0.5) is 0 Å². The van der Waals surface area contributed by atoms with Crippen molar-refractivity contribution in [3.63, 3.8) is 0 Å². The Bertz CT molecular complexity index is 349. The Hall–Kier alpha value is -1.63. The van der Waals surface area contributed by atoms with Gasteiger partial charge in [-0.3, -0.25) is 9.59 Å². The first-order chi connectivity index (χ1) is 8.37. The molecule has 0 aromatic rings. The molecular weight excluding hydrogens is 240 g/mol. The maximum absolute atomic E-state index is 11.6. The zero-order valence-corrected chi connectivity index (χ0v) is 10.0. The van der Waals surface area contributed by atoms with Crippen molar-refractivity contribution in [2.75, 3.05) is 0 Å². The van der Waals surface area contributed by atoms with Gasteiger partial charge < -0.3 is 21.3 Å². The highest BCUT2D eigenvalue weighted by Gasteiger charge is 2.42. The first-order valence-corrected chi connectivity index (χ1v) is 5.90. The van der Waals surface area contributed by atoms with Gasteiger partial charge in [-0.2, -0.15) is 0 Å². The van der Waals surface area contributed by atoms with Crippen molar-refractivity contribution in [2.24, 2.45) is 5.73 Å². The average molecular weight is 258 g/mol. The van der Waals surface area contributed by atoms with E-state index in [0.29, 0.717) is 12.8 Å². The minimum Gasteiger partial charge on any atom is -0.480 e. The van der Waals surface area contributed by atoms with Crippen molar-refractivity contribution in [3.05, 3.63) is 0 Å². The van der Waals surface area contributed by atoms with Crippen molar-refractivity contribution in [3.8, 4) is 0 Å². The van der Waals surface area contributed by atoms with E-state index >= 15 is 0 Å². The molecule has 1 unspecified atom stereocenters. The third-order valence-corrected chi connectivity index (χ3v) is 3.24. The van der Waals surface area contributed by atoms with E-state index in [1.165, 1.54) is 0 Å². The van der Waals surface area contributed by atoms with Crippen LogP contribution in [0, 0.1) is 0 Å². The molecule has 5 N–H and O–H groups in total. The van der Waals surface area contributed by atoms with Crippen LogP contribution < -0.4 is 11.1 Å². The molecule has 1 fully saturated rings. The maximum atomic E-state index is 11.6. The van der Waals surface area contributed by atoms with Gasteiger partial charge in [-0.05, 0) is 19.3 Å². The minimum atomic E-state index is -1.18. The summed E-state index contributed by atoms with van der Waals surface area (Å²) in [7, 11) is 0. The van der Waals surface area contributed by atoms with Crippen LogP contribution in [0.1, 0.15) is 38.5 Å². The molecule has 1 amide bonds. The molecular formula is C11H18N2O5. The number of nitrogens with one attached hydrogen (secondary N) is 1. The summed E-state index contributed by atoms with van der Waals surface area (Å²) in [5, 5.41) is 20.2. The standard InChI is InChI=1S/C11H18N2O5/c12-7(9(15)16)3-4-8(14)13-11(10(17)18)5-1-2-6-11/h7H,1-6,12H2,(H,13,14)(H,15,16)(H,17,18). The van der Waals surface area contributed by atoms with Crippen molar-refractivity contribution < 1.29 is 24.6 Å². The van der Waals surface area contributed by atoms with Crippen molar-refractivity contribution in [1.29, 1.82) is 0 Å². The van der Waals surface area contributed by atoms with Crippen molar-refractivity contribution >= 4 is 17.8 Å². The van der Waals surface area contributed by atoms with E-state index in [2.05, 4.69) is 5.32 Å². The van der Waals surface area contributed by atoms with Crippen LogP contribution in [0.25, 0.3) is 0 Å². The fraction of sp³-hybridized carbons (Fsp3) is 0.727. The Morgan fingerprint density at radius 3 is 2.22 bits per heavy atom. The molecule has 7 nitrogen and oxygen atoms in total. The van der Waals surface area contributed by atoms with Crippen molar-refractivity contribution in [1.82, 2.24) is 5.32 Å². The summed E-state index contributed by atoms with van der Waals surface area (Å²) in [6, 6.07) is -1.10. The van der Waals surface area contributed by atoms with Crippen LogP contribution >= 0.6 is 0 Å². The molecule has 0 aromatic heterocycles. The van der Waals surface area contributed by atoms with Crippen LogP contribution in [0.15, 0.2) is 0 Å². The third kappa shape index (κ3) is 3.43. The number of hydrogen-bond acceptors (Lipinski definition) is 4. The van der Waals surface area contributed by atoms with Gasteiger partial charge in [0.15, 0.2) is 0 Å². The van der Waals surface area contributed by atoms with Gasteiger partial charge in [0.25, 0.3) is 0 Å². The van der Waals surface area contributed by atoms with Gasteiger partial charge >= 0.3 is 11.9 Å². The second-order valence-corrected chi connectivity index (χ2v) is 4.63. The van der Waals surface area contributed by atoms with Crippen LogP contribution in [0.2, 0.25) is 0 Å². The quantitative estimate of drug-likeness (QED) is 0.517. The number of rotatable bonds is 6. The lowest BCUT2D eigenvalue weighted by molar-refractivity contribution is -0.147. The molecule has 0 radical (unpaired) electrons. The van der Waals surface area contributed by atoms with Gasteiger partial charge in [0.2, 0.25) is 5.91 Å². The van der Waals surface area contributed by atoms with Crippen molar-refractivity contribution in [2.45, 2.75) is 50.1 Å². The first-order valence-electron chi connectivity index (χ1n) is 5.90. The lowest BCUT2D eigenvalue weighted by Gasteiger charge is -2.25. The smallest absolute Gasteiger partial charge is 0.329 e. The summed E-state index contributed by atoms with van der Waals surface area (Å²) >= 11 is 0. The predicted molar refractivity (Wildman–Crippen MR) is 61.8 cm³/mol. The molecule has 0 heterocycles. The number of amides is 1. The van der Waals surface area contributed by atoms with Gasteiger partial charge in [0, 0.05) is 6.42 Å². The molecule has 0 saturated heterocycles. The number of hydrogen-bond donors (Lipinski definition) is 4. The molecule has 1 saturated carbocycles. The Morgan fingerprint density at radius 1 is 1.22 bits per heavy atom. The van der Waals surface area contributed by atoms with Gasteiger partial charge in [-0.25, -0.2) is 4.79 Å². The number of aliphatic carboxylic acids is 2. The molecule has 0 aromatic carbocycles. The molecule has 1 atom stereocenters. The zero-order valence-electron chi connectivity index (χ0n) is 10.0. The normalized spacial score (nSPS) is 19.2. The largest absolute Gasteiger partial charge is 0.480 e. The second-order valence-electron chi connectivity index (χ2n) is 4.63. The Kier molecular flexibility index (Phi) is 4.66. The zero-order chi connectivity index (χ0) is 13.8. The third-order valence-electron chi connectivity index (χ3n) is 3.24. The van der Waals surface area contributed by atoms with E-state index in [9.17, 15) is 14.4 Å². The summed E-state index contributed by atoms with van der Waals surface area (Å²) in [6.45, 7) is 0. The van der Waals surface area contributed by atoms with Gasteiger partial charge in [-0.1, -0.05) is 12.8 Å².